The Morgan fingerprint density at radius 2 is 1.89 bits per heavy atom. The second kappa shape index (κ2) is 9.69. The number of piperidine rings is 1. The van der Waals surface area contributed by atoms with Crippen LogP contribution < -0.4 is 4.90 Å². The zero-order valence-electron chi connectivity index (χ0n) is 18.9. The molecule has 1 spiro atoms. The average molecular weight is 514 g/mol. The molecule has 0 saturated carbocycles. The summed E-state index contributed by atoms with van der Waals surface area (Å²) in [7, 11) is 0. The van der Waals surface area contributed by atoms with Gasteiger partial charge in [0.05, 0.1) is 0 Å². The normalized spacial score (nSPS) is 17.3. The van der Waals surface area contributed by atoms with Crippen LogP contribution in [0.3, 0.4) is 0 Å². The Morgan fingerprint density at radius 1 is 1.09 bits per heavy atom. The Morgan fingerprint density at radius 3 is 2.63 bits per heavy atom. The smallest absolute Gasteiger partial charge is 0.258 e. The highest BCUT2D eigenvalue weighted by atomic mass is 35.5. The Hall–Kier alpha value is -2.80. The molecule has 8 heteroatoms. The lowest BCUT2D eigenvalue weighted by Gasteiger charge is -2.39. The number of halogens is 4. The largest absolute Gasteiger partial charge is 0.307 e. The van der Waals surface area contributed by atoms with Gasteiger partial charge in [0.15, 0.2) is 0 Å². The third-order valence-corrected chi connectivity index (χ3v) is 7.45. The second-order valence-corrected chi connectivity index (χ2v) is 9.84. The molecule has 0 N–H and O–H groups in total. The summed E-state index contributed by atoms with van der Waals surface area (Å²) in [6.07, 6.45) is 6.78. The van der Waals surface area contributed by atoms with Crippen molar-refractivity contribution in [2.24, 2.45) is 0 Å². The molecule has 0 aliphatic carbocycles. The minimum absolute atomic E-state index is 0.124. The van der Waals surface area contributed by atoms with Gasteiger partial charge in [0, 0.05) is 58.2 Å². The van der Waals surface area contributed by atoms with Crippen LogP contribution in [0.4, 0.5) is 14.5 Å². The van der Waals surface area contributed by atoms with Crippen molar-refractivity contribution in [3.05, 3.63) is 99.3 Å². The molecule has 2 aliphatic rings. The molecule has 3 aromatic rings. The number of nitrogens with zero attached hydrogens (tertiary/aromatic N) is 3. The van der Waals surface area contributed by atoms with Crippen LogP contribution in [-0.2, 0) is 5.41 Å². The first kappa shape index (κ1) is 23.9. The number of likely N-dealkylation sites (tertiary alicyclic amines) is 1. The first-order chi connectivity index (χ1) is 16.9. The molecule has 1 saturated heterocycles. The Labute approximate surface area is 212 Å². The number of fused-ring (bicyclic) bond motifs is 2. The van der Waals surface area contributed by atoms with Crippen molar-refractivity contribution in [3.8, 4) is 0 Å². The van der Waals surface area contributed by atoms with Crippen LogP contribution in [0, 0.1) is 11.6 Å². The summed E-state index contributed by atoms with van der Waals surface area (Å²) in [6.45, 7) is 2.82. The number of hydrogen-bond acceptors (Lipinski definition) is 3. The molecule has 2 aromatic carbocycles. The number of rotatable bonds is 4. The van der Waals surface area contributed by atoms with E-state index in [4.69, 9.17) is 23.2 Å². The fourth-order valence-corrected chi connectivity index (χ4v) is 5.68. The van der Waals surface area contributed by atoms with Gasteiger partial charge < -0.3 is 4.90 Å². The highest BCUT2D eigenvalue weighted by Gasteiger charge is 2.47. The molecule has 3 heterocycles. The molecule has 2 aliphatic heterocycles. The van der Waals surface area contributed by atoms with Gasteiger partial charge in [0.25, 0.3) is 5.91 Å². The third kappa shape index (κ3) is 4.70. The Kier molecular flexibility index (Phi) is 6.62. The lowest BCUT2D eigenvalue weighted by Crippen LogP contribution is -2.46. The fraction of sp³-hybridized carbons (Fsp3) is 0.259. The van der Waals surface area contributed by atoms with Crippen molar-refractivity contribution >= 4 is 40.9 Å². The number of carbonyl (C=O) groups excluding carboxylic acids is 1. The molecule has 1 amide bonds. The summed E-state index contributed by atoms with van der Waals surface area (Å²) >= 11 is 12.7. The lowest BCUT2D eigenvalue weighted by atomic mass is 9.74. The van der Waals surface area contributed by atoms with E-state index in [0.717, 1.165) is 43.2 Å². The molecular weight excluding hydrogens is 491 g/mol. The van der Waals surface area contributed by atoms with Gasteiger partial charge in [-0.05, 0) is 62.3 Å². The van der Waals surface area contributed by atoms with Gasteiger partial charge in [-0.3, -0.25) is 9.69 Å². The Balaban J connectivity index is 1.32. The van der Waals surface area contributed by atoms with Gasteiger partial charge in [0.1, 0.15) is 16.8 Å². The third-order valence-electron chi connectivity index (χ3n) is 6.93. The van der Waals surface area contributed by atoms with E-state index in [2.05, 4.69) is 9.88 Å². The SMILES string of the molecule is O=C(c1ccnc(Cl)c1)N1CC2(CCN(CC=Cc3ccc(F)cc3F)CC2)c2c(Cl)cccc21. The second-order valence-electron chi connectivity index (χ2n) is 9.04. The number of amides is 1. The van der Waals surface area contributed by atoms with E-state index in [9.17, 15) is 13.6 Å². The summed E-state index contributed by atoms with van der Waals surface area (Å²) in [6, 6.07) is 12.5. The maximum atomic E-state index is 13.9. The van der Waals surface area contributed by atoms with E-state index in [0.29, 0.717) is 29.2 Å². The van der Waals surface area contributed by atoms with E-state index >= 15 is 0 Å². The number of aromatic nitrogens is 1. The summed E-state index contributed by atoms with van der Waals surface area (Å²) in [5, 5.41) is 0.948. The fourth-order valence-electron chi connectivity index (χ4n) is 5.14. The van der Waals surface area contributed by atoms with Crippen LogP contribution >= 0.6 is 23.2 Å². The van der Waals surface area contributed by atoms with Crippen LogP contribution in [0.15, 0.2) is 60.8 Å². The highest BCUT2D eigenvalue weighted by Crippen LogP contribution is 2.50. The minimum atomic E-state index is -0.587. The number of hydrogen-bond donors (Lipinski definition) is 0. The maximum absolute atomic E-state index is 13.9. The van der Waals surface area contributed by atoms with Gasteiger partial charge in [-0.2, -0.15) is 0 Å². The van der Waals surface area contributed by atoms with Gasteiger partial charge in [-0.25, -0.2) is 13.8 Å². The number of carbonyl (C=O) groups is 1. The molecule has 4 nitrogen and oxygen atoms in total. The summed E-state index contributed by atoms with van der Waals surface area (Å²) < 4.78 is 27.0. The molecule has 0 unspecified atom stereocenters. The predicted octanol–water partition coefficient (Wildman–Crippen LogP) is 6.37. The molecule has 1 aromatic heterocycles. The summed E-state index contributed by atoms with van der Waals surface area (Å²) in [5.41, 5.74) is 2.49. The van der Waals surface area contributed by atoms with Crippen molar-refractivity contribution in [2.75, 3.05) is 31.1 Å². The van der Waals surface area contributed by atoms with Crippen molar-refractivity contribution < 1.29 is 13.6 Å². The van der Waals surface area contributed by atoms with Crippen LogP contribution in [-0.4, -0.2) is 42.0 Å². The molecule has 1 fully saturated rings. The van der Waals surface area contributed by atoms with Crippen molar-refractivity contribution in [1.29, 1.82) is 0 Å². The number of pyridine rings is 1. The molecule has 0 atom stereocenters. The quantitative estimate of drug-likeness (QED) is 0.380. The van der Waals surface area contributed by atoms with Gasteiger partial charge in [-0.15, -0.1) is 0 Å². The topological polar surface area (TPSA) is 36.4 Å². The van der Waals surface area contributed by atoms with Crippen LogP contribution in [0.1, 0.15) is 34.3 Å². The molecule has 0 bridgehead atoms. The number of benzene rings is 2. The molecule has 5 rings (SSSR count). The van der Waals surface area contributed by atoms with Crippen molar-refractivity contribution in [1.82, 2.24) is 9.88 Å². The van der Waals surface area contributed by atoms with E-state index < -0.39 is 11.6 Å². The number of anilines is 1. The van der Waals surface area contributed by atoms with E-state index in [1.165, 1.54) is 18.3 Å². The Bertz CT molecular complexity index is 1310. The van der Waals surface area contributed by atoms with Crippen LogP contribution in [0.2, 0.25) is 10.2 Å². The summed E-state index contributed by atoms with van der Waals surface area (Å²) in [4.78, 5) is 21.5. The van der Waals surface area contributed by atoms with Crippen LogP contribution in [0.25, 0.3) is 6.08 Å². The van der Waals surface area contributed by atoms with E-state index in [1.807, 2.05) is 24.3 Å². The van der Waals surface area contributed by atoms with Crippen molar-refractivity contribution in [2.45, 2.75) is 18.3 Å². The van der Waals surface area contributed by atoms with E-state index in [1.54, 1.807) is 23.1 Å². The monoisotopic (exact) mass is 513 g/mol. The zero-order chi connectivity index (χ0) is 24.6. The van der Waals surface area contributed by atoms with Gasteiger partial charge in [-0.1, -0.05) is 41.4 Å². The minimum Gasteiger partial charge on any atom is -0.307 e. The molecular formula is C27H23Cl2F2N3O. The standard InChI is InChI=1S/C27H23Cl2F2N3O/c28-21-4-1-5-23-25(21)27(17-34(23)26(35)19-8-11-32-24(29)15-19)9-13-33(14-10-27)12-2-3-18-6-7-20(30)16-22(18)31/h1-8,11,15-16H,9-10,12-14,17H2. The first-order valence-electron chi connectivity index (χ1n) is 11.4. The average Bonchev–Trinajstić information content (AvgIpc) is 3.16. The first-order valence-corrected chi connectivity index (χ1v) is 12.2. The van der Waals surface area contributed by atoms with Crippen LogP contribution in [0.5, 0.6) is 0 Å². The molecule has 35 heavy (non-hydrogen) atoms. The predicted molar refractivity (Wildman–Crippen MR) is 135 cm³/mol. The zero-order valence-corrected chi connectivity index (χ0v) is 20.4. The van der Waals surface area contributed by atoms with Gasteiger partial charge >= 0.3 is 0 Å². The molecule has 0 radical (unpaired) electrons. The highest BCUT2D eigenvalue weighted by molar-refractivity contribution is 6.32. The summed E-state index contributed by atoms with van der Waals surface area (Å²) in [5.74, 6) is -1.28. The van der Waals surface area contributed by atoms with E-state index in [-0.39, 0.29) is 16.5 Å². The molecule has 180 valence electrons. The van der Waals surface area contributed by atoms with Gasteiger partial charge in [0.2, 0.25) is 0 Å². The maximum Gasteiger partial charge on any atom is 0.258 e. The lowest BCUT2D eigenvalue weighted by molar-refractivity contribution is 0.0977. The van der Waals surface area contributed by atoms with Crippen molar-refractivity contribution in [3.63, 3.8) is 0 Å².